The molecule has 0 fully saturated rings. The first-order chi connectivity index (χ1) is 9.79. The third-order valence-electron chi connectivity index (χ3n) is 2.95. The summed E-state index contributed by atoms with van der Waals surface area (Å²) in [7, 11) is 0. The summed E-state index contributed by atoms with van der Waals surface area (Å²) in [5, 5.41) is 0. The molecule has 0 amide bonds. The highest BCUT2D eigenvalue weighted by molar-refractivity contribution is 5.77. The minimum Gasteiger partial charge on any atom is -0.465 e. The quantitative estimate of drug-likeness (QED) is 0.432. The third kappa shape index (κ3) is 5.88. The highest BCUT2D eigenvalue weighted by Gasteiger charge is 2.21. The van der Waals surface area contributed by atoms with Crippen LogP contribution >= 0.6 is 0 Å². The Bertz CT molecular complexity index is 445. The number of unbranched alkanes of at least 4 members (excludes halogenated alkanes) is 3. The number of ether oxygens (including phenoxy) is 1. The molecule has 3 heteroatoms. The van der Waals surface area contributed by atoms with Crippen LogP contribution < -0.4 is 0 Å². The van der Waals surface area contributed by atoms with E-state index in [-0.39, 0.29) is 11.9 Å². The maximum absolute atomic E-state index is 12.0. The zero-order chi connectivity index (χ0) is 14.6. The molecular formula is C17H23NO2. The van der Waals surface area contributed by atoms with Crippen LogP contribution in [0.15, 0.2) is 24.4 Å². The zero-order valence-electron chi connectivity index (χ0n) is 12.4. The van der Waals surface area contributed by atoms with Gasteiger partial charge >= 0.3 is 5.97 Å². The van der Waals surface area contributed by atoms with Gasteiger partial charge in [0, 0.05) is 19.0 Å². The fraction of sp³-hybridized carbons (Fsp3) is 0.529. The molecule has 0 aromatic carbocycles. The molecule has 1 atom stereocenters. The molecule has 1 aromatic heterocycles. The molecule has 0 bridgehead atoms. The molecule has 0 N–H and O–H groups in total. The summed E-state index contributed by atoms with van der Waals surface area (Å²) >= 11 is 0. The van der Waals surface area contributed by atoms with Crippen LogP contribution in [0.1, 0.15) is 57.6 Å². The summed E-state index contributed by atoms with van der Waals surface area (Å²) < 4.78 is 5.11. The Hall–Kier alpha value is -1.82. The fourth-order valence-electron chi connectivity index (χ4n) is 1.86. The number of carbonyl (C=O) groups excluding carboxylic acids is 1. The van der Waals surface area contributed by atoms with E-state index in [1.807, 2.05) is 25.1 Å². The molecule has 0 aliphatic heterocycles. The molecule has 0 saturated carbocycles. The van der Waals surface area contributed by atoms with Crippen LogP contribution in [0.2, 0.25) is 0 Å². The summed E-state index contributed by atoms with van der Waals surface area (Å²) in [6, 6.07) is 5.56. The number of rotatable bonds is 7. The van der Waals surface area contributed by atoms with Gasteiger partial charge < -0.3 is 4.74 Å². The van der Waals surface area contributed by atoms with E-state index in [0.717, 1.165) is 18.5 Å². The Labute approximate surface area is 121 Å². The van der Waals surface area contributed by atoms with E-state index in [0.29, 0.717) is 13.0 Å². The van der Waals surface area contributed by atoms with Crippen molar-refractivity contribution in [2.24, 2.45) is 0 Å². The van der Waals surface area contributed by atoms with Crippen molar-refractivity contribution in [2.45, 2.75) is 51.9 Å². The SMILES string of the molecule is CCCCCC#CCC(C(=O)OCC)c1ccccn1. The van der Waals surface area contributed by atoms with E-state index < -0.39 is 0 Å². The van der Waals surface area contributed by atoms with Crippen molar-refractivity contribution in [3.05, 3.63) is 30.1 Å². The fourth-order valence-corrected chi connectivity index (χ4v) is 1.86. The maximum Gasteiger partial charge on any atom is 0.315 e. The second-order valence-electron chi connectivity index (χ2n) is 4.57. The molecule has 108 valence electrons. The van der Waals surface area contributed by atoms with E-state index in [1.54, 1.807) is 6.20 Å². The number of pyridine rings is 1. The van der Waals surface area contributed by atoms with Gasteiger partial charge in [-0.2, -0.15) is 0 Å². The summed E-state index contributed by atoms with van der Waals surface area (Å²) in [6.45, 7) is 4.36. The zero-order valence-corrected chi connectivity index (χ0v) is 12.4. The number of hydrogen-bond donors (Lipinski definition) is 0. The standard InChI is InChI=1S/C17H23NO2/c1-3-5-6-7-8-9-12-15(17(19)20-4-2)16-13-10-11-14-18-16/h10-11,13-15H,3-7,12H2,1-2H3. The van der Waals surface area contributed by atoms with Crippen molar-refractivity contribution >= 4 is 5.97 Å². The highest BCUT2D eigenvalue weighted by Crippen LogP contribution is 2.18. The van der Waals surface area contributed by atoms with Crippen LogP contribution in [0.4, 0.5) is 0 Å². The van der Waals surface area contributed by atoms with E-state index >= 15 is 0 Å². The molecule has 0 aliphatic carbocycles. The average Bonchev–Trinajstić information content (AvgIpc) is 2.47. The van der Waals surface area contributed by atoms with Crippen LogP contribution in [0.3, 0.4) is 0 Å². The lowest BCUT2D eigenvalue weighted by Crippen LogP contribution is -2.16. The molecule has 0 aliphatic rings. The molecular weight excluding hydrogens is 250 g/mol. The van der Waals surface area contributed by atoms with Gasteiger partial charge in [-0.15, -0.1) is 11.8 Å². The average molecular weight is 273 g/mol. The summed E-state index contributed by atoms with van der Waals surface area (Å²) in [5.41, 5.74) is 0.730. The van der Waals surface area contributed by atoms with Crippen LogP contribution in [0.5, 0.6) is 0 Å². The van der Waals surface area contributed by atoms with Gasteiger partial charge in [-0.3, -0.25) is 9.78 Å². The Kier molecular flexibility index (Phi) is 8.14. The Morgan fingerprint density at radius 1 is 1.30 bits per heavy atom. The first-order valence-electron chi connectivity index (χ1n) is 7.32. The highest BCUT2D eigenvalue weighted by atomic mass is 16.5. The Morgan fingerprint density at radius 2 is 2.15 bits per heavy atom. The predicted molar refractivity (Wildman–Crippen MR) is 80.1 cm³/mol. The minimum absolute atomic E-state index is 0.242. The molecule has 1 aromatic rings. The number of nitrogens with zero attached hydrogens (tertiary/aromatic N) is 1. The van der Waals surface area contributed by atoms with Crippen LogP contribution in [-0.4, -0.2) is 17.6 Å². The van der Waals surface area contributed by atoms with Crippen molar-refractivity contribution in [1.29, 1.82) is 0 Å². The molecule has 1 heterocycles. The largest absolute Gasteiger partial charge is 0.465 e. The number of hydrogen-bond acceptors (Lipinski definition) is 3. The van der Waals surface area contributed by atoms with E-state index in [4.69, 9.17) is 4.74 Å². The van der Waals surface area contributed by atoms with Crippen molar-refractivity contribution in [3.63, 3.8) is 0 Å². The lowest BCUT2D eigenvalue weighted by atomic mass is 10.0. The van der Waals surface area contributed by atoms with Gasteiger partial charge in [0.1, 0.15) is 5.92 Å². The summed E-state index contributed by atoms with van der Waals surface area (Å²) in [4.78, 5) is 16.2. The Balaban J connectivity index is 2.62. The van der Waals surface area contributed by atoms with Gasteiger partial charge in [-0.1, -0.05) is 25.8 Å². The van der Waals surface area contributed by atoms with Gasteiger partial charge in [0.05, 0.1) is 12.3 Å². The van der Waals surface area contributed by atoms with Gasteiger partial charge in [0.2, 0.25) is 0 Å². The second-order valence-corrected chi connectivity index (χ2v) is 4.57. The van der Waals surface area contributed by atoms with Crippen molar-refractivity contribution in [1.82, 2.24) is 4.98 Å². The normalized spacial score (nSPS) is 11.3. The third-order valence-corrected chi connectivity index (χ3v) is 2.95. The van der Waals surface area contributed by atoms with Crippen molar-refractivity contribution < 1.29 is 9.53 Å². The maximum atomic E-state index is 12.0. The van der Waals surface area contributed by atoms with Gasteiger partial charge in [-0.25, -0.2) is 0 Å². The Morgan fingerprint density at radius 3 is 2.80 bits per heavy atom. The van der Waals surface area contributed by atoms with Gasteiger partial charge in [0.25, 0.3) is 0 Å². The smallest absolute Gasteiger partial charge is 0.315 e. The molecule has 1 rings (SSSR count). The molecule has 1 unspecified atom stereocenters. The summed E-state index contributed by atoms with van der Waals surface area (Å²) in [6.07, 6.45) is 6.58. The molecule has 3 nitrogen and oxygen atoms in total. The van der Waals surface area contributed by atoms with Crippen LogP contribution in [-0.2, 0) is 9.53 Å². The first-order valence-corrected chi connectivity index (χ1v) is 7.32. The van der Waals surface area contributed by atoms with Gasteiger partial charge in [0.15, 0.2) is 0 Å². The second kappa shape index (κ2) is 10.0. The lowest BCUT2D eigenvalue weighted by Gasteiger charge is -2.12. The topological polar surface area (TPSA) is 39.2 Å². The van der Waals surface area contributed by atoms with Gasteiger partial charge in [-0.05, 0) is 25.5 Å². The van der Waals surface area contributed by atoms with Crippen LogP contribution in [0, 0.1) is 11.8 Å². The number of esters is 1. The molecule has 0 radical (unpaired) electrons. The first kappa shape index (κ1) is 16.2. The van der Waals surface area contributed by atoms with E-state index in [9.17, 15) is 4.79 Å². The summed E-state index contributed by atoms with van der Waals surface area (Å²) in [5.74, 6) is 5.60. The lowest BCUT2D eigenvalue weighted by molar-refractivity contribution is -0.144. The molecule has 0 saturated heterocycles. The van der Waals surface area contributed by atoms with E-state index in [2.05, 4.69) is 23.7 Å². The van der Waals surface area contributed by atoms with E-state index in [1.165, 1.54) is 12.8 Å². The van der Waals surface area contributed by atoms with Crippen molar-refractivity contribution in [3.8, 4) is 11.8 Å². The number of aromatic nitrogens is 1. The molecule has 20 heavy (non-hydrogen) atoms. The number of carbonyl (C=O) groups is 1. The van der Waals surface area contributed by atoms with Crippen molar-refractivity contribution in [2.75, 3.05) is 6.61 Å². The molecule has 0 spiro atoms. The van der Waals surface area contributed by atoms with Crippen LogP contribution in [0.25, 0.3) is 0 Å². The predicted octanol–water partition coefficient (Wildman–Crippen LogP) is 3.70. The monoisotopic (exact) mass is 273 g/mol. The minimum atomic E-state index is -0.380.